The van der Waals surface area contributed by atoms with Crippen LogP contribution in [-0.4, -0.2) is 44.3 Å². The molecular formula is C21H36N4O. The van der Waals surface area contributed by atoms with Crippen LogP contribution >= 0.6 is 0 Å². The van der Waals surface area contributed by atoms with E-state index in [9.17, 15) is 0 Å². The molecule has 0 amide bonds. The lowest BCUT2D eigenvalue weighted by Gasteiger charge is -2.39. The van der Waals surface area contributed by atoms with Crippen molar-refractivity contribution in [1.82, 2.24) is 16.0 Å². The molecule has 0 bridgehead atoms. The van der Waals surface area contributed by atoms with Crippen LogP contribution in [0.2, 0.25) is 0 Å². The maximum Gasteiger partial charge on any atom is 0.191 e. The second-order valence-corrected chi connectivity index (χ2v) is 7.64. The van der Waals surface area contributed by atoms with Gasteiger partial charge in [-0.15, -0.1) is 0 Å². The summed E-state index contributed by atoms with van der Waals surface area (Å²) in [5.41, 5.74) is 1.29. The van der Waals surface area contributed by atoms with E-state index in [0.29, 0.717) is 5.92 Å². The van der Waals surface area contributed by atoms with Gasteiger partial charge in [0.1, 0.15) is 0 Å². The van der Waals surface area contributed by atoms with Gasteiger partial charge < -0.3 is 20.7 Å². The van der Waals surface area contributed by atoms with E-state index >= 15 is 0 Å². The third-order valence-electron chi connectivity index (χ3n) is 4.83. The van der Waals surface area contributed by atoms with E-state index in [1.54, 1.807) is 0 Å². The standard InChI is InChI=1S/C21H36N4O/c1-5-22-20(23-15-17(2)3)24-16-21(11-13-26-14-12-21)25-18(4)19-9-7-6-8-10-19/h6-10,17-18,25H,5,11-16H2,1-4H3,(H2,22,23,24). The van der Waals surface area contributed by atoms with Crippen LogP contribution in [0.1, 0.15) is 52.1 Å². The summed E-state index contributed by atoms with van der Waals surface area (Å²) in [6.07, 6.45) is 1.97. The lowest BCUT2D eigenvalue weighted by atomic mass is 9.88. The van der Waals surface area contributed by atoms with E-state index in [2.05, 4.69) is 74.0 Å². The Bertz CT molecular complexity index is 538. The van der Waals surface area contributed by atoms with Crippen LogP contribution in [0.25, 0.3) is 0 Å². The fourth-order valence-electron chi connectivity index (χ4n) is 3.27. The van der Waals surface area contributed by atoms with Gasteiger partial charge in [0.05, 0.1) is 6.54 Å². The fraction of sp³-hybridized carbons (Fsp3) is 0.667. The second-order valence-electron chi connectivity index (χ2n) is 7.64. The van der Waals surface area contributed by atoms with Crippen molar-refractivity contribution >= 4 is 5.96 Å². The summed E-state index contributed by atoms with van der Waals surface area (Å²) >= 11 is 0. The smallest absolute Gasteiger partial charge is 0.191 e. The topological polar surface area (TPSA) is 57.7 Å². The van der Waals surface area contributed by atoms with Crippen LogP contribution in [0.15, 0.2) is 35.3 Å². The number of guanidine groups is 1. The van der Waals surface area contributed by atoms with E-state index in [0.717, 1.165) is 51.6 Å². The maximum atomic E-state index is 5.63. The van der Waals surface area contributed by atoms with Crippen molar-refractivity contribution in [2.45, 2.75) is 52.1 Å². The normalized spacial score (nSPS) is 18.6. The van der Waals surface area contributed by atoms with Gasteiger partial charge in [0.15, 0.2) is 5.96 Å². The minimum atomic E-state index is -0.0201. The van der Waals surface area contributed by atoms with Gasteiger partial charge in [-0.3, -0.25) is 4.99 Å². The molecule has 1 aliphatic rings. The highest BCUT2D eigenvalue weighted by molar-refractivity contribution is 5.79. The van der Waals surface area contributed by atoms with E-state index in [4.69, 9.17) is 9.73 Å². The van der Waals surface area contributed by atoms with Crippen molar-refractivity contribution in [2.24, 2.45) is 10.9 Å². The van der Waals surface area contributed by atoms with Gasteiger partial charge in [0.2, 0.25) is 0 Å². The Balaban J connectivity index is 2.08. The van der Waals surface area contributed by atoms with Gasteiger partial charge in [0, 0.05) is 37.9 Å². The van der Waals surface area contributed by atoms with E-state index in [1.807, 2.05) is 0 Å². The highest BCUT2D eigenvalue weighted by Gasteiger charge is 2.34. The highest BCUT2D eigenvalue weighted by Crippen LogP contribution is 2.26. The van der Waals surface area contributed by atoms with Crippen LogP contribution in [0.5, 0.6) is 0 Å². The van der Waals surface area contributed by atoms with Crippen LogP contribution in [0.3, 0.4) is 0 Å². The number of benzene rings is 1. The molecule has 26 heavy (non-hydrogen) atoms. The van der Waals surface area contributed by atoms with Crippen LogP contribution in [0.4, 0.5) is 0 Å². The molecule has 0 aromatic heterocycles. The molecule has 0 saturated carbocycles. The predicted octanol–water partition coefficient (Wildman–Crippen LogP) is 3.10. The minimum Gasteiger partial charge on any atom is -0.381 e. The lowest BCUT2D eigenvalue weighted by molar-refractivity contribution is 0.0374. The zero-order valence-corrected chi connectivity index (χ0v) is 16.8. The lowest BCUT2D eigenvalue weighted by Crippen LogP contribution is -2.53. The van der Waals surface area contributed by atoms with Crippen molar-refractivity contribution in [1.29, 1.82) is 0 Å². The summed E-state index contributed by atoms with van der Waals surface area (Å²) in [4.78, 5) is 4.90. The zero-order valence-electron chi connectivity index (χ0n) is 16.8. The third kappa shape index (κ3) is 6.61. The first-order valence-electron chi connectivity index (χ1n) is 9.97. The molecule has 1 saturated heterocycles. The van der Waals surface area contributed by atoms with E-state index in [1.165, 1.54) is 5.56 Å². The molecule has 0 aliphatic carbocycles. The summed E-state index contributed by atoms with van der Waals surface area (Å²) < 4.78 is 5.63. The molecule has 1 atom stereocenters. The number of hydrogen-bond acceptors (Lipinski definition) is 3. The molecule has 1 aromatic rings. The van der Waals surface area contributed by atoms with Gasteiger partial charge >= 0.3 is 0 Å². The van der Waals surface area contributed by atoms with Crippen LogP contribution in [0, 0.1) is 5.92 Å². The Morgan fingerprint density at radius 3 is 2.42 bits per heavy atom. The van der Waals surface area contributed by atoms with Gasteiger partial charge in [-0.25, -0.2) is 0 Å². The number of hydrogen-bond donors (Lipinski definition) is 3. The maximum absolute atomic E-state index is 5.63. The number of aliphatic imine (C=N–C) groups is 1. The Morgan fingerprint density at radius 1 is 1.12 bits per heavy atom. The summed E-state index contributed by atoms with van der Waals surface area (Å²) in [5.74, 6) is 1.49. The zero-order chi connectivity index (χ0) is 18.8. The summed E-state index contributed by atoms with van der Waals surface area (Å²) in [5, 5.41) is 10.7. The number of nitrogens with one attached hydrogen (secondary N) is 3. The molecule has 146 valence electrons. The minimum absolute atomic E-state index is 0.0201. The Hall–Kier alpha value is -1.59. The van der Waals surface area contributed by atoms with Crippen molar-refractivity contribution < 1.29 is 4.74 Å². The Kier molecular flexibility index (Phi) is 8.39. The van der Waals surface area contributed by atoms with E-state index in [-0.39, 0.29) is 11.6 Å². The summed E-state index contributed by atoms with van der Waals surface area (Å²) in [6, 6.07) is 10.9. The number of rotatable bonds is 8. The summed E-state index contributed by atoms with van der Waals surface area (Å²) in [6.45, 7) is 12.9. The molecule has 5 nitrogen and oxygen atoms in total. The molecule has 1 heterocycles. The fourth-order valence-corrected chi connectivity index (χ4v) is 3.27. The molecule has 0 spiro atoms. The first-order chi connectivity index (χ1) is 12.5. The van der Waals surface area contributed by atoms with Gasteiger partial charge in [-0.1, -0.05) is 44.2 Å². The van der Waals surface area contributed by atoms with Crippen LogP contribution < -0.4 is 16.0 Å². The molecule has 2 rings (SSSR count). The molecular weight excluding hydrogens is 324 g/mol. The van der Waals surface area contributed by atoms with Gasteiger partial charge in [0.25, 0.3) is 0 Å². The molecule has 0 radical (unpaired) electrons. The van der Waals surface area contributed by atoms with Crippen molar-refractivity contribution in [3.8, 4) is 0 Å². The number of nitrogens with zero attached hydrogens (tertiary/aromatic N) is 1. The van der Waals surface area contributed by atoms with Gasteiger partial charge in [-0.2, -0.15) is 0 Å². The predicted molar refractivity (Wildman–Crippen MR) is 110 cm³/mol. The van der Waals surface area contributed by atoms with E-state index < -0.39 is 0 Å². The summed E-state index contributed by atoms with van der Waals surface area (Å²) in [7, 11) is 0. The number of ether oxygens (including phenoxy) is 1. The van der Waals surface area contributed by atoms with Crippen molar-refractivity contribution in [2.75, 3.05) is 32.8 Å². The Labute approximate surface area is 159 Å². The molecule has 1 fully saturated rings. The quantitative estimate of drug-likeness (QED) is 0.492. The molecule has 5 heteroatoms. The highest BCUT2D eigenvalue weighted by atomic mass is 16.5. The molecule has 1 aromatic carbocycles. The first kappa shape index (κ1) is 20.7. The molecule has 1 aliphatic heterocycles. The largest absolute Gasteiger partial charge is 0.381 e. The average Bonchev–Trinajstić information content (AvgIpc) is 2.65. The third-order valence-corrected chi connectivity index (χ3v) is 4.83. The Morgan fingerprint density at radius 2 is 1.81 bits per heavy atom. The first-order valence-corrected chi connectivity index (χ1v) is 9.97. The molecule has 3 N–H and O–H groups in total. The van der Waals surface area contributed by atoms with Crippen molar-refractivity contribution in [3.05, 3.63) is 35.9 Å². The van der Waals surface area contributed by atoms with Crippen molar-refractivity contribution in [3.63, 3.8) is 0 Å². The average molecular weight is 361 g/mol. The monoisotopic (exact) mass is 360 g/mol. The van der Waals surface area contributed by atoms with Gasteiger partial charge in [-0.05, 0) is 38.2 Å². The molecule has 1 unspecified atom stereocenters. The second kappa shape index (κ2) is 10.5. The SMILES string of the molecule is CCNC(=NCC1(NC(C)c2ccccc2)CCOCC1)NCC(C)C. The van der Waals surface area contributed by atoms with Crippen LogP contribution in [-0.2, 0) is 4.74 Å².